The van der Waals surface area contributed by atoms with Crippen LogP contribution in [0.4, 0.5) is 11.4 Å². The summed E-state index contributed by atoms with van der Waals surface area (Å²) >= 11 is 7.99. The summed E-state index contributed by atoms with van der Waals surface area (Å²) in [6.07, 6.45) is 0.663. The molecular formula is C23H17ClN2O2S. The Morgan fingerprint density at radius 3 is 2.10 bits per heavy atom. The number of nitrogens with zero attached hydrogens (tertiary/aromatic N) is 2. The fourth-order valence-electron chi connectivity index (χ4n) is 3.87. The van der Waals surface area contributed by atoms with Crippen LogP contribution in [0.5, 0.6) is 0 Å². The van der Waals surface area contributed by atoms with Crippen molar-refractivity contribution in [1.82, 2.24) is 4.90 Å². The first kappa shape index (κ1) is 18.3. The molecule has 0 fully saturated rings. The molecule has 0 atom stereocenters. The normalized spacial score (nSPS) is 14.7. The number of carbonyl (C=O) groups is 2. The van der Waals surface area contributed by atoms with Crippen LogP contribution in [0.25, 0.3) is 0 Å². The predicted molar refractivity (Wildman–Crippen MR) is 115 cm³/mol. The predicted octanol–water partition coefficient (Wildman–Crippen LogP) is 5.63. The van der Waals surface area contributed by atoms with Crippen LogP contribution in [0.15, 0.2) is 76.5 Å². The largest absolute Gasteiger partial charge is 0.340 e. The number of rotatable bonds is 4. The van der Waals surface area contributed by atoms with Gasteiger partial charge in [0.2, 0.25) is 0 Å². The van der Waals surface area contributed by atoms with Gasteiger partial charge in [0.25, 0.3) is 11.8 Å². The van der Waals surface area contributed by atoms with Gasteiger partial charge < -0.3 is 4.90 Å². The number of fused-ring (bicyclic) bond motifs is 3. The average Bonchev–Trinajstić information content (AvgIpc) is 2.98. The second-order valence-corrected chi connectivity index (χ2v) is 8.51. The summed E-state index contributed by atoms with van der Waals surface area (Å²) in [6, 6.07) is 21.2. The van der Waals surface area contributed by atoms with Crippen molar-refractivity contribution in [2.45, 2.75) is 16.2 Å². The first-order valence-corrected chi connectivity index (χ1v) is 10.6. The minimum atomic E-state index is -0.205. The van der Waals surface area contributed by atoms with E-state index in [2.05, 4.69) is 17.0 Å². The molecular weight excluding hydrogens is 404 g/mol. The number of halogens is 1. The Morgan fingerprint density at radius 1 is 0.724 bits per heavy atom. The van der Waals surface area contributed by atoms with Crippen molar-refractivity contribution < 1.29 is 9.59 Å². The van der Waals surface area contributed by atoms with Crippen molar-refractivity contribution >= 4 is 46.6 Å². The van der Waals surface area contributed by atoms with E-state index >= 15 is 0 Å². The van der Waals surface area contributed by atoms with Crippen molar-refractivity contribution in [1.29, 1.82) is 0 Å². The van der Waals surface area contributed by atoms with E-state index in [4.69, 9.17) is 11.6 Å². The molecule has 29 heavy (non-hydrogen) atoms. The molecule has 0 aromatic heterocycles. The van der Waals surface area contributed by atoms with E-state index in [9.17, 15) is 9.59 Å². The Hall–Kier alpha value is -2.76. The van der Waals surface area contributed by atoms with Gasteiger partial charge in [-0.15, -0.1) is 0 Å². The monoisotopic (exact) mass is 420 g/mol. The first-order chi connectivity index (χ1) is 14.1. The van der Waals surface area contributed by atoms with Gasteiger partial charge in [0, 0.05) is 27.9 Å². The average molecular weight is 421 g/mol. The summed E-state index contributed by atoms with van der Waals surface area (Å²) in [4.78, 5) is 31.1. The van der Waals surface area contributed by atoms with Crippen molar-refractivity contribution in [2.75, 3.05) is 18.0 Å². The molecule has 3 aromatic carbocycles. The highest BCUT2D eigenvalue weighted by Gasteiger charge is 2.34. The summed E-state index contributed by atoms with van der Waals surface area (Å²) in [5.41, 5.74) is 3.17. The zero-order valence-electron chi connectivity index (χ0n) is 15.5. The summed E-state index contributed by atoms with van der Waals surface area (Å²) in [5, 5.41) is 0.689. The lowest BCUT2D eigenvalue weighted by Crippen LogP contribution is -2.33. The van der Waals surface area contributed by atoms with E-state index < -0.39 is 0 Å². The van der Waals surface area contributed by atoms with Gasteiger partial charge >= 0.3 is 0 Å². The molecule has 0 unspecified atom stereocenters. The highest BCUT2D eigenvalue weighted by molar-refractivity contribution is 7.99. The zero-order chi connectivity index (χ0) is 20.0. The van der Waals surface area contributed by atoms with Gasteiger partial charge in [-0.2, -0.15) is 0 Å². The van der Waals surface area contributed by atoms with Crippen molar-refractivity contribution in [2.24, 2.45) is 0 Å². The summed E-state index contributed by atoms with van der Waals surface area (Å²) in [6.45, 7) is 1.06. The highest BCUT2D eigenvalue weighted by atomic mass is 35.5. The molecule has 5 rings (SSSR count). The van der Waals surface area contributed by atoms with Crippen LogP contribution in [0.3, 0.4) is 0 Å². The zero-order valence-corrected chi connectivity index (χ0v) is 17.0. The highest BCUT2D eigenvalue weighted by Crippen LogP contribution is 2.48. The molecule has 144 valence electrons. The minimum absolute atomic E-state index is 0.205. The fourth-order valence-corrected chi connectivity index (χ4v) is 5.11. The Morgan fingerprint density at radius 2 is 1.34 bits per heavy atom. The molecule has 2 heterocycles. The molecule has 0 aliphatic carbocycles. The van der Waals surface area contributed by atoms with Gasteiger partial charge in [0.1, 0.15) is 0 Å². The maximum atomic E-state index is 12.6. The van der Waals surface area contributed by atoms with E-state index in [1.165, 1.54) is 9.80 Å². The van der Waals surface area contributed by atoms with Crippen LogP contribution in [-0.4, -0.2) is 29.8 Å². The lowest BCUT2D eigenvalue weighted by molar-refractivity contribution is 0.0653. The molecule has 0 spiro atoms. The number of amides is 2. The second-order valence-electron chi connectivity index (χ2n) is 6.99. The summed E-state index contributed by atoms with van der Waals surface area (Å²) in [5.74, 6) is -0.410. The van der Waals surface area contributed by atoms with Gasteiger partial charge in [0.05, 0.1) is 22.5 Å². The molecule has 0 radical (unpaired) electrons. The molecule has 2 aliphatic rings. The molecule has 4 nitrogen and oxygen atoms in total. The quantitative estimate of drug-likeness (QED) is 0.513. The van der Waals surface area contributed by atoms with Crippen LogP contribution in [0, 0.1) is 0 Å². The summed E-state index contributed by atoms with van der Waals surface area (Å²) in [7, 11) is 0. The maximum absolute atomic E-state index is 12.6. The van der Waals surface area contributed by atoms with Gasteiger partial charge in [-0.3, -0.25) is 14.5 Å². The smallest absolute Gasteiger partial charge is 0.261 e. The number of para-hydroxylation sites is 1. The van der Waals surface area contributed by atoms with E-state index in [-0.39, 0.29) is 11.8 Å². The van der Waals surface area contributed by atoms with Crippen molar-refractivity contribution in [3.05, 3.63) is 82.9 Å². The third-order valence-corrected chi connectivity index (χ3v) is 6.59. The second kappa shape index (κ2) is 7.25. The van der Waals surface area contributed by atoms with E-state index in [0.717, 1.165) is 16.3 Å². The molecule has 0 bridgehead atoms. The number of hydrogen-bond acceptors (Lipinski definition) is 4. The number of hydrogen-bond donors (Lipinski definition) is 0. The number of carbonyl (C=O) groups excluding carboxylic acids is 2. The van der Waals surface area contributed by atoms with Crippen molar-refractivity contribution in [3.63, 3.8) is 0 Å². The molecule has 0 saturated carbocycles. The molecule has 0 N–H and O–H groups in total. The lowest BCUT2D eigenvalue weighted by Gasteiger charge is -2.33. The molecule has 2 aliphatic heterocycles. The number of benzene rings is 3. The number of anilines is 2. The maximum Gasteiger partial charge on any atom is 0.261 e. The van der Waals surface area contributed by atoms with E-state index in [0.29, 0.717) is 35.7 Å². The van der Waals surface area contributed by atoms with Crippen molar-refractivity contribution in [3.8, 4) is 0 Å². The SMILES string of the molecule is O=C1c2ccccc2C(=O)N1CCCN1c2ccccc2Sc2ccc(Cl)cc21. The van der Waals surface area contributed by atoms with E-state index in [1.54, 1.807) is 36.0 Å². The molecule has 0 saturated heterocycles. The fraction of sp³-hybridized carbons (Fsp3) is 0.130. The minimum Gasteiger partial charge on any atom is -0.340 e. The Balaban J connectivity index is 1.37. The molecule has 2 amide bonds. The third kappa shape index (κ3) is 3.11. The molecule has 6 heteroatoms. The van der Waals surface area contributed by atoms with Crippen LogP contribution in [0.2, 0.25) is 5.02 Å². The number of imide groups is 1. The van der Waals surface area contributed by atoms with Gasteiger partial charge in [-0.1, -0.05) is 47.6 Å². The Labute approximate surface area is 178 Å². The van der Waals surface area contributed by atoms with Crippen LogP contribution >= 0.6 is 23.4 Å². The Kier molecular flexibility index (Phi) is 4.57. The van der Waals surface area contributed by atoms with Crippen LogP contribution in [0.1, 0.15) is 27.1 Å². The van der Waals surface area contributed by atoms with Crippen LogP contribution in [-0.2, 0) is 0 Å². The standard InChI is InChI=1S/C23H17ClN2O2S/c24-15-10-11-21-19(14-15)25(18-8-3-4-9-20(18)29-21)12-5-13-26-22(27)16-6-1-2-7-17(16)23(26)28/h1-4,6-11,14H,5,12-13H2. The van der Waals surface area contributed by atoms with E-state index in [1.807, 2.05) is 30.3 Å². The third-order valence-electron chi connectivity index (χ3n) is 5.23. The van der Waals surface area contributed by atoms with Crippen LogP contribution < -0.4 is 4.90 Å². The van der Waals surface area contributed by atoms with Gasteiger partial charge in [-0.05, 0) is 48.9 Å². The first-order valence-electron chi connectivity index (χ1n) is 9.43. The summed E-state index contributed by atoms with van der Waals surface area (Å²) < 4.78 is 0. The lowest BCUT2D eigenvalue weighted by atomic mass is 10.1. The Bertz CT molecular complexity index is 1110. The molecule has 3 aromatic rings. The van der Waals surface area contributed by atoms with Gasteiger partial charge in [-0.25, -0.2) is 0 Å². The van der Waals surface area contributed by atoms with Gasteiger partial charge in [0.15, 0.2) is 0 Å². The topological polar surface area (TPSA) is 40.6 Å².